The zero-order valence-electron chi connectivity index (χ0n) is 20.8. The first-order chi connectivity index (χ1) is 17.2. The minimum atomic E-state index is -0.760. The Morgan fingerprint density at radius 1 is 1.19 bits per heavy atom. The SMILES string of the molecule is CCOC(=O)C1=C(C)N=c2s/c(=C\c3ccc(O)cc3)c(=O)n2[C@H]1c1ccc(OC(C)C)c(OC)c1. The van der Waals surface area contributed by atoms with Crippen molar-refractivity contribution < 1.29 is 24.1 Å². The summed E-state index contributed by atoms with van der Waals surface area (Å²) in [7, 11) is 1.54. The van der Waals surface area contributed by atoms with Crippen LogP contribution in [-0.4, -0.2) is 35.5 Å². The Hall–Kier alpha value is -3.85. The fraction of sp³-hybridized carbons (Fsp3) is 0.296. The van der Waals surface area contributed by atoms with Gasteiger partial charge in [0.25, 0.3) is 5.56 Å². The maximum atomic E-state index is 13.7. The average Bonchev–Trinajstić information content (AvgIpc) is 3.14. The van der Waals surface area contributed by atoms with Crippen LogP contribution in [0, 0.1) is 0 Å². The third kappa shape index (κ3) is 4.92. The number of methoxy groups -OCH3 is 1. The molecule has 0 unspecified atom stereocenters. The summed E-state index contributed by atoms with van der Waals surface area (Å²) in [5.41, 5.74) is 1.91. The van der Waals surface area contributed by atoms with Crippen molar-refractivity contribution in [3.05, 3.63) is 84.5 Å². The molecule has 0 bridgehead atoms. The van der Waals surface area contributed by atoms with Gasteiger partial charge in [-0.05, 0) is 69.2 Å². The van der Waals surface area contributed by atoms with Crippen molar-refractivity contribution in [3.63, 3.8) is 0 Å². The Labute approximate surface area is 212 Å². The number of hydrogen-bond acceptors (Lipinski definition) is 8. The van der Waals surface area contributed by atoms with Crippen molar-refractivity contribution in [2.75, 3.05) is 13.7 Å². The van der Waals surface area contributed by atoms with Crippen LogP contribution >= 0.6 is 11.3 Å². The molecule has 2 heterocycles. The van der Waals surface area contributed by atoms with Gasteiger partial charge in [-0.1, -0.05) is 29.5 Å². The van der Waals surface area contributed by atoms with Gasteiger partial charge in [0, 0.05) is 0 Å². The van der Waals surface area contributed by atoms with Crippen molar-refractivity contribution in [1.82, 2.24) is 4.57 Å². The molecule has 0 radical (unpaired) electrons. The first kappa shape index (κ1) is 25.2. The second-order valence-electron chi connectivity index (χ2n) is 8.47. The van der Waals surface area contributed by atoms with E-state index in [9.17, 15) is 14.7 Å². The number of phenolic OH excluding ortho intramolecular Hbond substituents is 1. The van der Waals surface area contributed by atoms with E-state index in [2.05, 4.69) is 4.99 Å². The smallest absolute Gasteiger partial charge is 0.338 e. The molecule has 0 saturated heterocycles. The van der Waals surface area contributed by atoms with Crippen LogP contribution in [0.4, 0.5) is 0 Å². The number of hydrogen-bond donors (Lipinski definition) is 1. The van der Waals surface area contributed by atoms with Gasteiger partial charge in [-0.25, -0.2) is 9.79 Å². The number of benzene rings is 2. The normalized spacial score (nSPS) is 15.5. The molecule has 0 fully saturated rings. The summed E-state index contributed by atoms with van der Waals surface area (Å²) >= 11 is 1.24. The molecule has 0 spiro atoms. The molecule has 3 aromatic rings. The molecule has 1 aliphatic heterocycles. The molecule has 0 aliphatic carbocycles. The predicted molar refractivity (Wildman–Crippen MR) is 137 cm³/mol. The molecule has 1 N–H and O–H groups in total. The largest absolute Gasteiger partial charge is 0.508 e. The summed E-state index contributed by atoms with van der Waals surface area (Å²) in [6.45, 7) is 7.51. The van der Waals surface area contributed by atoms with E-state index in [-0.39, 0.29) is 24.0 Å². The number of carbonyl (C=O) groups is 1. The van der Waals surface area contributed by atoms with E-state index in [0.29, 0.717) is 37.7 Å². The van der Waals surface area contributed by atoms with Crippen molar-refractivity contribution in [1.29, 1.82) is 0 Å². The number of nitrogens with zero attached hydrogens (tertiary/aromatic N) is 2. The lowest BCUT2D eigenvalue weighted by Crippen LogP contribution is -2.40. The van der Waals surface area contributed by atoms with E-state index in [4.69, 9.17) is 14.2 Å². The van der Waals surface area contributed by atoms with E-state index >= 15 is 0 Å². The van der Waals surface area contributed by atoms with Gasteiger partial charge in [-0.2, -0.15) is 0 Å². The average molecular weight is 509 g/mol. The summed E-state index contributed by atoms with van der Waals surface area (Å²) in [5, 5.41) is 9.57. The van der Waals surface area contributed by atoms with Crippen LogP contribution in [-0.2, 0) is 9.53 Å². The number of aromatic nitrogens is 1. The second-order valence-corrected chi connectivity index (χ2v) is 9.48. The highest BCUT2D eigenvalue weighted by molar-refractivity contribution is 7.07. The number of fused-ring (bicyclic) bond motifs is 1. The summed E-state index contributed by atoms with van der Waals surface area (Å²) in [6.07, 6.45) is 1.68. The minimum Gasteiger partial charge on any atom is -0.508 e. The van der Waals surface area contributed by atoms with E-state index in [1.807, 2.05) is 19.9 Å². The highest BCUT2D eigenvalue weighted by Gasteiger charge is 2.34. The molecule has 2 aromatic carbocycles. The zero-order chi connectivity index (χ0) is 26.0. The van der Waals surface area contributed by atoms with Gasteiger partial charge in [-0.3, -0.25) is 9.36 Å². The molecule has 0 saturated carbocycles. The number of esters is 1. The lowest BCUT2D eigenvalue weighted by molar-refractivity contribution is -0.139. The molecule has 8 nitrogen and oxygen atoms in total. The van der Waals surface area contributed by atoms with Crippen LogP contribution in [0.25, 0.3) is 6.08 Å². The molecule has 9 heteroatoms. The Bertz CT molecular complexity index is 1500. The number of rotatable bonds is 7. The van der Waals surface area contributed by atoms with Crippen molar-refractivity contribution in [2.45, 2.75) is 39.8 Å². The summed E-state index contributed by atoms with van der Waals surface area (Å²) in [5.74, 6) is 0.667. The van der Waals surface area contributed by atoms with Gasteiger partial charge >= 0.3 is 5.97 Å². The monoisotopic (exact) mass is 508 g/mol. The van der Waals surface area contributed by atoms with Crippen molar-refractivity contribution in [3.8, 4) is 17.2 Å². The van der Waals surface area contributed by atoms with Crippen LogP contribution in [0.15, 0.2) is 63.5 Å². The number of aromatic hydroxyl groups is 1. The van der Waals surface area contributed by atoms with Gasteiger partial charge in [0.2, 0.25) is 0 Å². The third-order valence-corrected chi connectivity index (χ3v) is 6.56. The van der Waals surface area contributed by atoms with Crippen molar-refractivity contribution in [2.24, 2.45) is 4.99 Å². The molecule has 36 heavy (non-hydrogen) atoms. The number of ether oxygens (including phenoxy) is 3. The fourth-order valence-electron chi connectivity index (χ4n) is 4.03. The fourth-order valence-corrected chi connectivity index (χ4v) is 5.08. The zero-order valence-corrected chi connectivity index (χ0v) is 21.6. The summed E-state index contributed by atoms with van der Waals surface area (Å²) in [4.78, 5) is 31.8. The van der Waals surface area contributed by atoms with Crippen molar-refractivity contribution >= 4 is 23.4 Å². The topological polar surface area (TPSA) is 99.4 Å². The molecular weight excluding hydrogens is 480 g/mol. The van der Waals surface area contributed by atoms with Crippen LogP contribution in [0.3, 0.4) is 0 Å². The number of phenols is 1. The molecule has 1 atom stereocenters. The van der Waals surface area contributed by atoms with Crippen LogP contribution < -0.4 is 24.4 Å². The number of allylic oxidation sites excluding steroid dienone is 1. The number of carbonyl (C=O) groups excluding carboxylic acids is 1. The van der Waals surface area contributed by atoms with E-state index in [0.717, 1.165) is 5.56 Å². The van der Waals surface area contributed by atoms with Gasteiger partial charge < -0.3 is 19.3 Å². The lowest BCUT2D eigenvalue weighted by Gasteiger charge is -2.25. The third-order valence-electron chi connectivity index (χ3n) is 5.57. The maximum absolute atomic E-state index is 13.7. The minimum absolute atomic E-state index is 0.0560. The standard InChI is InChI=1S/C27H28N2O6S/c1-6-34-26(32)23-16(4)28-27-29(25(31)22(36-27)13-17-7-10-19(30)11-8-17)24(23)18-9-12-20(35-15(2)3)21(14-18)33-5/h7-15,24,30H,6H2,1-5H3/b22-13-/t24-/m0/s1. The van der Waals surface area contributed by atoms with Crippen LogP contribution in [0.2, 0.25) is 0 Å². The van der Waals surface area contributed by atoms with Gasteiger partial charge in [-0.15, -0.1) is 0 Å². The molecule has 1 aromatic heterocycles. The Kier molecular flexibility index (Phi) is 7.30. The highest BCUT2D eigenvalue weighted by atomic mass is 32.1. The van der Waals surface area contributed by atoms with E-state index < -0.39 is 12.0 Å². The Morgan fingerprint density at radius 3 is 2.56 bits per heavy atom. The highest BCUT2D eigenvalue weighted by Crippen LogP contribution is 2.36. The molecule has 4 rings (SSSR count). The first-order valence-electron chi connectivity index (χ1n) is 11.6. The van der Waals surface area contributed by atoms with Gasteiger partial charge in [0.1, 0.15) is 5.75 Å². The predicted octanol–water partition coefficient (Wildman–Crippen LogP) is 3.30. The lowest BCUT2D eigenvalue weighted by atomic mass is 9.95. The Morgan fingerprint density at radius 2 is 1.92 bits per heavy atom. The van der Waals surface area contributed by atoms with E-state index in [1.165, 1.54) is 15.9 Å². The van der Waals surface area contributed by atoms with E-state index in [1.54, 1.807) is 63.4 Å². The second kappa shape index (κ2) is 10.4. The molecule has 188 valence electrons. The molecule has 1 aliphatic rings. The molecule has 0 amide bonds. The molecular formula is C27H28N2O6S. The first-order valence-corrected chi connectivity index (χ1v) is 12.4. The van der Waals surface area contributed by atoms with Gasteiger partial charge in [0.05, 0.1) is 41.7 Å². The van der Waals surface area contributed by atoms with Gasteiger partial charge in [0.15, 0.2) is 16.3 Å². The Balaban J connectivity index is 1.94. The quantitative estimate of drug-likeness (QED) is 0.492. The van der Waals surface area contributed by atoms with Crippen LogP contribution in [0.1, 0.15) is 44.9 Å². The number of thiazole rings is 1. The summed E-state index contributed by atoms with van der Waals surface area (Å²) in [6, 6.07) is 11.2. The van der Waals surface area contributed by atoms with Crippen LogP contribution in [0.5, 0.6) is 17.2 Å². The summed E-state index contributed by atoms with van der Waals surface area (Å²) < 4.78 is 18.7. The maximum Gasteiger partial charge on any atom is 0.338 e.